The van der Waals surface area contributed by atoms with E-state index in [0.29, 0.717) is 19.8 Å². The number of unbranched alkanes of at least 4 members (excludes halogenated alkanes) is 5. The van der Waals surface area contributed by atoms with Gasteiger partial charge in [0, 0.05) is 19.8 Å². The minimum absolute atomic E-state index is 0.333. The summed E-state index contributed by atoms with van der Waals surface area (Å²) < 4.78 is 5.25. The quantitative estimate of drug-likeness (QED) is 0.509. The van der Waals surface area contributed by atoms with E-state index < -0.39 is 0 Å². The molecule has 0 bridgehead atoms. The third-order valence-corrected chi connectivity index (χ3v) is 1.96. The Morgan fingerprint density at radius 1 is 0.846 bits per heavy atom. The lowest BCUT2D eigenvalue weighted by Crippen LogP contribution is -2.08. The average molecular weight is 189 g/mol. The van der Waals surface area contributed by atoms with Crippen LogP contribution in [-0.2, 0) is 4.74 Å². The molecule has 0 radical (unpaired) electrons. The van der Waals surface area contributed by atoms with Crippen LogP contribution in [0.1, 0.15) is 38.5 Å². The maximum atomic E-state index is 8.53. The molecule has 0 fully saturated rings. The molecule has 0 unspecified atom stereocenters. The molecule has 3 nitrogen and oxygen atoms in total. The summed E-state index contributed by atoms with van der Waals surface area (Å²) >= 11 is 0. The van der Waals surface area contributed by atoms with Gasteiger partial charge in [-0.1, -0.05) is 25.7 Å². The highest BCUT2D eigenvalue weighted by Crippen LogP contribution is 2.04. The van der Waals surface area contributed by atoms with Gasteiger partial charge in [-0.2, -0.15) is 0 Å². The Balaban J connectivity index is 2.76. The van der Waals surface area contributed by atoms with Gasteiger partial charge in [0.25, 0.3) is 0 Å². The predicted molar refractivity (Wildman–Crippen MR) is 54.7 cm³/mol. The maximum absolute atomic E-state index is 8.53. The van der Waals surface area contributed by atoms with Crippen molar-refractivity contribution in [2.75, 3.05) is 26.4 Å². The highest BCUT2D eigenvalue weighted by molar-refractivity contribution is 4.44. The third kappa shape index (κ3) is 11.9. The molecule has 0 amide bonds. The molecule has 0 rings (SSSR count). The summed E-state index contributed by atoms with van der Waals surface area (Å²) in [5.41, 5.74) is 5.28. The van der Waals surface area contributed by atoms with Crippen LogP contribution in [0.2, 0.25) is 0 Å². The van der Waals surface area contributed by atoms with Crippen molar-refractivity contribution in [2.24, 2.45) is 5.73 Å². The second-order valence-electron chi connectivity index (χ2n) is 3.25. The largest absolute Gasteiger partial charge is 0.396 e. The van der Waals surface area contributed by atoms with Gasteiger partial charge in [-0.3, -0.25) is 0 Å². The standard InChI is InChI=1S/C10H23NO2/c11-7-10-13-9-6-4-2-1-3-5-8-12/h12H,1-11H2. The van der Waals surface area contributed by atoms with E-state index in [1.807, 2.05) is 0 Å². The fourth-order valence-corrected chi connectivity index (χ4v) is 1.21. The van der Waals surface area contributed by atoms with E-state index in [4.69, 9.17) is 15.6 Å². The van der Waals surface area contributed by atoms with Gasteiger partial charge in [0.1, 0.15) is 0 Å². The van der Waals surface area contributed by atoms with Gasteiger partial charge >= 0.3 is 0 Å². The first-order valence-electron chi connectivity index (χ1n) is 5.30. The lowest BCUT2D eigenvalue weighted by molar-refractivity contribution is 0.137. The predicted octanol–water partition coefficient (Wildman–Crippen LogP) is 1.29. The zero-order valence-corrected chi connectivity index (χ0v) is 8.50. The second-order valence-corrected chi connectivity index (χ2v) is 3.25. The molecule has 0 spiro atoms. The molecule has 0 aromatic heterocycles. The van der Waals surface area contributed by atoms with Gasteiger partial charge in [-0.25, -0.2) is 0 Å². The minimum atomic E-state index is 0.333. The summed E-state index contributed by atoms with van der Waals surface area (Å²) in [4.78, 5) is 0. The van der Waals surface area contributed by atoms with Crippen molar-refractivity contribution in [3.05, 3.63) is 0 Å². The van der Waals surface area contributed by atoms with Crippen molar-refractivity contribution in [3.63, 3.8) is 0 Å². The molecule has 0 aliphatic heterocycles. The molecule has 3 heteroatoms. The number of aliphatic hydroxyl groups excluding tert-OH is 1. The molecule has 0 heterocycles. The van der Waals surface area contributed by atoms with E-state index in [0.717, 1.165) is 25.9 Å². The van der Waals surface area contributed by atoms with Crippen molar-refractivity contribution >= 4 is 0 Å². The van der Waals surface area contributed by atoms with Crippen LogP contribution < -0.4 is 5.73 Å². The lowest BCUT2D eigenvalue weighted by Gasteiger charge is -2.02. The van der Waals surface area contributed by atoms with Gasteiger partial charge < -0.3 is 15.6 Å². The van der Waals surface area contributed by atoms with E-state index in [-0.39, 0.29) is 0 Å². The van der Waals surface area contributed by atoms with E-state index in [9.17, 15) is 0 Å². The van der Waals surface area contributed by atoms with Crippen LogP contribution in [0.4, 0.5) is 0 Å². The zero-order valence-electron chi connectivity index (χ0n) is 8.50. The fraction of sp³-hybridized carbons (Fsp3) is 1.00. The fourth-order valence-electron chi connectivity index (χ4n) is 1.21. The van der Waals surface area contributed by atoms with Gasteiger partial charge in [-0.05, 0) is 12.8 Å². The molecule has 80 valence electrons. The van der Waals surface area contributed by atoms with E-state index in [1.54, 1.807) is 0 Å². The number of aliphatic hydroxyl groups is 1. The summed E-state index contributed by atoms with van der Waals surface area (Å²) in [7, 11) is 0. The molecule has 0 aromatic rings. The number of hydrogen-bond acceptors (Lipinski definition) is 3. The highest BCUT2D eigenvalue weighted by Gasteiger charge is 1.90. The molecular weight excluding hydrogens is 166 g/mol. The van der Waals surface area contributed by atoms with Crippen LogP contribution >= 0.6 is 0 Å². The normalized spacial score (nSPS) is 10.6. The summed E-state index contributed by atoms with van der Waals surface area (Å²) in [5.74, 6) is 0. The average Bonchev–Trinajstić information content (AvgIpc) is 2.16. The topological polar surface area (TPSA) is 55.5 Å². The van der Waals surface area contributed by atoms with E-state index in [1.165, 1.54) is 19.3 Å². The Kier molecular flexibility index (Phi) is 11.8. The van der Waals surface area contributed by atoms with Crippen LogP contribution in [0, 0.1) is 0 Å². The van der Waals surface area contributed by atoms with Crippen LogP contribution in [-0.4, -0.2) is 31.5 Å². The van der Waals surface area contributed by atoms with Crippen molar-refractivity contribution in [2.45, 2.75) is 38.5 Å². The van der Waals surface area contributed by atoms with Crippen LogP contribution in [0.15, 0.2) is 0 Å². The molecule has 0 aromatic carbocycles. The Labute approximate surface area is 81.3 Å². The molecule has 3 N–H and O–H groups in total. The van der Waals surface area contributed by atoms with Crippen molar-refractivity contribution in [1.29, 1.82) is 0 Å². The Bertz CT molecular complexity index is 79.0. The Morgan fingerprint density at radius 3 is 2.08 bits per heavy atom. The first kappa shape index (κ1) is 12.9. The molecule has 0 aliphatic carbocycles. The Hall–Kier alpha value is -0.120. The molecule has 0 atom stereocenters. The molecule has 13 heavy (non-hydrogen) atoms. The van der Waals surface area contributed by atoms with Gasteiger partial charge in [0.2, 0.25) is 0 Å². The smallest absolute Gasteiger partial charge is 0.0588 e. The van der Waals surface area contributed by atoms with Crippen LogP contribution in [0.25, 0.3) is 0 Å². The van der Waals surface area contributed by atoms with Crippen molar-refractivity contribution < 1.29 is 9.84 Å². The van der Waals surface area contributed by atoms with E-state index in [2.05, 4.69) is 0 Å². The van der Waals surface area contributed by atoms with Gasteiger partial charge in [-0.15, -0.1) is 0 Å². The summed E-state index contributed by atoms with van der Waals surface area (Å²) in [5, 5.41) is 8.53. The first-order chi connectivity index (χ1) is 6.41. The Morgan fingerprint density at radius 2 is 1.46 bits per heavy atom. The lowest BCUT2D eigenvalue weighted by atomic mass is 10.1. The number of hydrogen-bond donors (Lipinski definition) is 2. The summed E-state index contributed by atoms with van der Waals surface area (Å²) in [6.45, 7) is 2.48. The first-order valence-corrected chi connectivity index (χ1v) is 5.30. The maximum Gasteiger partial charge on any atom is 0.0588 e. The second kappa shape index (κ2) is 11.9. The number of rotatable bonds is 10. The van der Waals surface area contributed by atoms with Crippen molar-refractivity contribution in [1.82, 2.24) is 0 Å². The SMILES string of the molecule is NCCOCCCCCCCCO. The molecular formula is C10H23NO2. The minimum Gasteiger partial charge on any atom is -0.396 e. The highest BCUT2D eigenvalue weighted by atomic mass is 16.5. The van der Waals surface area contributed by atoms with E-state index >= 15 is 0 Å². The zero-order chi connectivity index (χ0) is 9.78. The van der Waals surface area contributed by atoms with Crippen LogP contribution in [0.3, 0.4) is 0 Å². The van der Waals surface area contributed by atoms with Crippen LogP contribution in [0.5, 0.6) is 0 Å². The summed E-state index contributed by atoms with van der Waals surface area (Å²) in [6.07, 6.45) is 6.96. The summed E-state index contributed by atoms with van der Waals surface area (Å²) in [6, 6.07) is 0. The van der Waals surface area contributed by atoms with Gasteiger partial charge in [0.05, 0.1) is 6.61 Å². The number of nitrogens with two attached hydrogens (primary N) is 1. The molecule has 0 saturated heterocycles. The third-order valence-electron chi connectivity index (χ3n) is 1.96. The van der Waals surface area contributed by atoms with Gasteiger partial charge in [0.15, 0.2) is 0 Å². The molecule has 0 saturated carbocycles. The molecule has 0 aliphatic rings. The monoisotopic (exact) mass is 189 g/mol. The van der Waals surface area contributed by atoms with Crippen molar-refractivity contribution in [3.8, 4) is 0 Å². The number of ether oxygens (including phenoxy) is 1.